The van der Waals surface area contributed by atoms with Crippen molar-refractivity contribution in [3.63, 3.8) is 0 Å². The molecular formula is C17H30N2O. The second-order valence-electron chi connectivity index (χ2n) is 6.01. The zero-order chi connectivity index (χ0) is 15.0. The lowest BCUT2D eigenvalue weighted by molar-refractivity contribution is 0.205. The summed E-state index contributed by atoms with van der Waals surface area (Å²) in [5.41, 5.74) is 6.71. The highest BCUT2D eigenvalue weighted by atomic mass is 16.5. The molecule has 0 aromatic heterocycles. The van der Waals surface area contributed by atoms with Crippen LogP contribution in [0.2, 0.25) is 0 Å². The third-order valence-corrected chi connectivity index (χ3v) is 3.65. The molecule has 0 aliphatic rings. The van der Waals surface area contributed by atoms with E-state index in [1.165, 1.54) is 6.42 Å². The summed E-state index contributed by atoms with van der Waals surface area (Å²) < 4.78 is 5.75. The standard InChI is InChI=1S/C17H30N2O/c1-14(2)12-15(3)19(4)10-5-11-20-17-8-6-16(13-18)7-9-17/h6-9,14-15H,5,10-13,18H2,1-4H3. The first kappa shape index (κ1) is 17.0. The fraction of sp³-hybridized carbons (Fsp3) is 0.647. The van der Waals surface area contributed by atoms with Crippen LogP contribution >= 0.6 is 0 Å². The topological polar surface area (TPSA) is 38.5 Å². The monoisotopic (exact) mass is 278 g/mol. The maximum Gasteiger partial charge on any atom is 0.119 e. The Kier molecular flexibility index (Phi) is 7.63. The second kappa shape index (κ2) is 8.98. The van der Waals surface area contributed by atoms with Crippen molar-refractivity contribution in [1.82, 2.24) is 4.90 Å². The van der Waals surface area contributed by atoms with Crippen LogP contribution in [0, 0.1) is 5.92 Å². The van der Waals surface area contributed by atoms with Gasteiger partial charge in [-0.3, -0.25) is 0 Å². The molecule has 0 radical (unpaired) electrons. The highest BCUT2D eigenvalue weighted by Crippen LogP contribution is 2.13. The maximum atomic E-state index is 5.75. The molecule has 2 N–H and O–H groups in total. The van der Waals surface area contributed by atoms with Gasteiger partial charge in [-0.05, 0) is 50.4 Å². The number of benzene rings is 1. The van der Waals surface area contributed by atoms with Crippen LogP contribution in [0.4, 0.5) is 0 Å². The predicted molar refractivity (Wildman–Crippen MR) is 86.0 cm³/mol. The minimum absolute atomic E-state index is 0.582. The highest BCUT2D eigenvalue weighted by molar-refractivity contribution is 5.26. The molecule has 0 saturated heterocycles. The molecule has 1 atom stereocenters. The summed E-state index contributed by atoms with van der Waals surface area (Å²) >= 11 is 0. The highest BCUT2D eigenvalue weighted by Gasteiger charge is 2.10. The Morgan fingerprint density at radius 3 is 2.35 bits per heavy atom. The molecular weight excluding hydrogens is 248 g/mol. The predicted octanol–water partition coefficient (Wildman–Crippen LogP) is 3.28. The zero-order valence-corrected chi connectivity index (χ0v) is 13.4. The van der Waals surface area contributed by atoms with Crippen molar-refractivity contribution >= 4 is 0 Å². The van der Waals surface area contributed by atoms with Crippen molar-refractivity contribution in [1.29, 1.82) is 0 Å². The molecule has 0 bridgehead atoms. The summed E-state index contributed by atoms with van der Waals surface area (Å²) in [6.07, 6.45) is 2.30. The summed E-state index contributed by atoms with van der Waals surface area (Å²) in [5, 5.41) is 0. The summed E-state index contributed by atoms with van der Waals surface area (Å²) in [5.74, 6) is 1.69. The molecule has 3 heteroatoms. The Morgan fingerprint density at radius 2 is 1.80 bits per heavy atom. The van der Waals surface area contributed by atoms with E-state index in [9.17, 15) is 0 Å². The van der Waals surface area contributed by atoms with Gasteiger partial charge in [0, 0.05) is 19.1 Å². The number of hydrogen-bond donors (Lipinski definition) is 1. The largest absolute Gasteiger partial charge is 0.494 e. The molecule has 0 amide bonds. The average molecular weight is 278 g/mol. The Bertz CT molecular complexity index is 362. The number of hydrogen-bond acceptors (Lipinski definition) is 3. The molecule has 0 saturated carbocycles. The Balaban J connectivity index is 2.20. The van der Waals surface area contributed by atoms with Gasteiger partial charge in [-0.25, -0.2) is 0 Å². The molecule has 0 aliphatic heterocycles. The van der Waals surface area contributed by atoms with E-state index in [-0.39, 0.29) is 0 Å². The van der Waals surface area contributed by atoms with Crippen LogP contribution in [0.1, 0.15) is 39.2 Å². The van der Waals surface area contributed by atoms with Gasteiger partial charge >= 0.3 is 0 Å². The molecule has 1 aromatic rings. The van der Waals surface area contributed by atoms with Gasteiger partial charge in [-0.1, -0.05) is 26.0 Å². The average Bonchev–Trinajstić information content (AvgIpc) is 2.43. The first-order valence-corrected chi connectivity index (χ1v) is 7.65. The summed E-state index contributed by atoms with van der Waals surface area (Å²) in [6.45, 7) is 9.28. The summed E-state index contributed by atoms with van der Waals surface area (Å²) in [6, 6.07) is 8.66. The Hall–Kier alpha value is -1.06. The van der Waals surface area contributed by atoms with E-state index >= 15 is 0 Å². The van der Waals surface area contributed by atoms with Gasteiger partial charge in [0.25, 0.3) is 0 Å². The molecule has 1 unspecified atom stereocenters. The third-order valence-electron chi connectivity index (χ3n) is 3.65. The van der Waals surface area contributed by atoms with E-state index in [0.717, 1.165) is 36.8 Å². The number of nitrogens with two attached hydrogens (primary N) is 1. The van der Waals surface area contributed by atoms with Crippen LogP contribution in [0.15, 0.2) is 24.3 Å². The lowest BCUT2D eigenvalue weighted by Crippen LogP contribution is -2.31. The Labute approximate surface area is 124 Å². The fourth-order valence-electron chi connectivity index (χ4n) is 2.31. The molecule has 3 nitrogen and oxygen atoms in total. The lowest BCUT2D eigenvalue weighted by Gasteiger charge is -2.26. The van der Waals surface area contributed by atoms with Crippen molar-refractivity contribution in [2.24, 2.45) is 11.7 Å². The van der Waals surface area contributed by atoms with Gasteiger partial charge in [0.2, 0.25) is 0 Å². The van der Waals surface area contributed by atoms with Crippen LogP contribution < -0.4 is 10.5 Å². The van der Waals surface area contributed by atoms with E-state index < -0.39 is 0 Å². The molecule has 1 rings (SSSR count). The normalized spacial score (nSPS) is 12.9. The van der Waals surface area contributed by atoms with Crippen molar-refractivity contribution in [3.8, 4) is 5.75 Å². The van der Waals surface area contributed by atoms with Gasteiger partial charge < -0.3 is 15.4 Å². The van der Waals surface area contributed by atoms with Gasteiger partial charge in [0.15, 0.2) is 0 Å². The van der Waals surface area contributed by atoms with E-state index in [0.29, 0.717) is 12.6 Å². The molecule has 114 valence electrons. The van der Waals surface area contributed by atoms with Crippen molar-refractivity contribution < 1.29 is 4.74 Å². The van der Waals surface area contributed by atoms with Crippen LogP contribution in [0.3, 0.4) is 0 Å². The first-order chi connectivity index (χ1) is 9.52. The van der Waals surface area contributed by atoms with Gasteiger partial charge in [-0.2, -0.15) is 0 Å². The van der Waals surface area contributed by atoms with Crippen LogP contribution in [0.25, 0.3) is 0 Å². The fourth-order valence-corrected chi connectivity index (χ4v) is 2.31. The summed E-state index contributed by atoms with van der Waals surface area (Å²) in [7, 11) is 2.20. The van der Waals surface area contributed by atoms with Crippen LogP contribution in [-0.2, 0) is 6.54 Å². The number of ether oxygens (including phenoxy) is 1. The SMILES string of the molecule is CC(C)CC(C)N(C)CCCOc1ccc(CN)cc1. The van der Waals surface area contributed by atoms with E-state index in [1.807, 2.05) is 24.3 Å². The Morgan fingerprint density at radius 1 is 1.15 bits per heavy atom. The molecule has 0 fully saturated rings. The van der Waals surface area contributed by atoms with Gasteiger partial charge in [0.1, 0.15) is 5.75 Å². The zero-order valence-electron chi connectivity index (χ0n) is 13.4. The lowest BCUT2D eigenvalue weighted by atomic mass is 10.0. The van der Waals surface area contributed by atoms with E-state index in [2.05, 4.69) is 32.7 Å². The van der Waals surface area contributed by atoms with Crippen LogP contribution in [-0.4, -0.2) is 31.1 Å². The quantitative estimate of drug-likeness (QED) is 0.705. The molecule has 0 spiro atoms. The smallest absolute Gasteiger partial charge is 0.119 e. The second-order valence-corrected chi connectivity index (χ2v) is 6.01. The maximum absolute atomic E-state index is 5.75. The molecule has 1 aromatic carbocycles. The van der Waals surface area contributed by atoms with Crippen molar-refractivity contribution in [2.75, 3.05) is 20.2 Å². The first-order valence-electron chi connectivity index (χ1n) is 7.65. The number of nitrogens with zero attached hydrogens (tertiary/aromatic N) is 1. The third kappa shape index (κ3) is 6.40. The van der Waals surface area contributed by atoms with Crippen molar-refractivity contribution in [2.45, 2.75) is 46.2 Å². The van der Waals surface area contributed by atoms with E-state index in [4.69, 9.17) is 10.5 Å². The van der Waals surface area contributed by atoms with Crippen molar-refractivity contribution in [3.05, 3.63) is 29.8 Å². The molecule has 0 aliphatic carbocycles. The minimum Gasteiger partial charge on any atom is -0.494 e. The molecule has 0 heterocycles. The van der Waals surface area contributed by atoms with Gasteiger partial charge in [0.05, 0.1) is 6.61 Å². The molecule has 20 heavy (non-hydrogen) atoms. The summed E-state index contributed by atoms with van der Waals surface area (Å²) in [4.78, 5) is 2.42. The minimum atomic E-state index is 0.582. The van der Waals surface area contributed by atoms with E-state index in [1.54, 1.807) is 0 Å². The van der Waals surface area contributed by atoms with Gasteiger partial charge in [-0.15, -0.1) is 0 Å². The number of rotatable bonds is 9. The van der Waals surface area contributed by atoms with Crippen LogP contribution in [0.5, 0.6) is 5.75 Å².